The Morgan fingerprint density at radius 1 is 1.19 bits per heavy atom. The van der Waals surface area contributed by atoms with Crippen LogP contribution in [0, 0.1) is 0 Å². The van der Waals surface area contributed by atoms with E-state index in [-0.39, 0.29) is 6.04 Å². The molecule has 3 rings (SSSR count). The Kier molecular flexibility index (Phi) is 4.61. The van der Waals surface area contributed by atoms with Gasteiger partial charge in [-0.1, -0.05) is 43.9 Å². The van der Waals surface area contributed by atoms with Crippen LogP contribution in [0.1, 0.15) is 50.3 Å². The third-order valence-electron chi connectivity index (χ3n) is 4.89. The lowest BCUT2D eigenvalue weighted by atomic mass is 10.0. The molecule has 0 spiro atoms. The summed E-state index contributed by atoms with van der Waals surface area (Å²) in [6.45, 7) is 0.604. The predicted molar refractivity (Wildman–Crippen MR) is 87.3 cm³/mol. The van der Waals surface area contributed by atoms with Crippen LogP contribution in [0.25, 0.3) is 11.0 Å². The molecule has 1 saturated carbocycles. The number of benzene rings is 1. The van der Waals surface area contributed by atoms with Gasteiger partial charge in [-0.25, -0.2) is 0 Å². The number of rotatable bonds is 4. The molecule has 0 amide bonds. The first kappa shape index (κ1) is 14.6. The summed E-state index contributed by atoms with van der Waals surface area (Å²) in [5.41, 5.74) is 7.03. The number of furan rings is 1. The van der Waals surface area contributed by atoms with Crippen molar-refractivity contribution in [1.82, 2.24) is 4.90 Å². The maximum Gasteiger partial charge on any atom is 0.134 e. The van der Waals surface area contributed by atoms with Crippen LogP contribution >= 0.6 is 0 Å². The zero-order chi connectivity index (χ0) is 14.7. The average molecular weight is 286 g/mol. The summed E-state index contributed by atoms with van der Waals surface area (Å²) in [5.74, 6) is 1.01. The molecule has 2 aromatic rings. The lowest BCUT2D eigenvalue weighted by Crippen LogP contribution is -2.38. The van der Waals surface area contributed by atoms with Gasteiger partial charge in [0.25, 0.3) is 0 Å². The summed E-state index contributed by atoms with van der Waals surface area (Å²) in [4.78, 5) is 2.45. The molecule has 1 atom stereocenters. The van der Waals surface area contributed by atoms with E-state index in [2.05, 4.69) is 24.1 Å². The van der Waals surface area contributed by atoms with Gasteiger partial charge >= 0.3 is 0 Å². The predicted octanol–water partition coefficient (Wildman–Crippen LogP) is 4.09. The largest absolute Gasteiger partial charge is 0.459 e. The van der Waals surface area contributed by atoms with E-state index in [0.29, 0.717) is 12.6 Å². The molecule has 1 unspecified atom stereocenters. The van der Waals surface area contributed by atoms with E-state index >= 15 is 0 Å². The molecule has 1 aliphatic rings. The number of fused-ring (bicyclic) bond motifs is 1. The lowest BCUT2D eigenvalue weighted by molar-refractivity contribution is 0.146. The summed E-state index contributed by atoms with van der Waals surface area (Å²) in [6, 6.07) is 11.2. The molecule has 1 fully saturated rings. The minimum absolute atomic E-state index is 0.181. The van der Waals surface area contributed by atoms with Gasteiger partial charge in [0.1, 0.15) is 11.3 Å². The summed E-state index contributed by atoms with van der Waals surface area (Å²) in [7, 11) is 2.21. The van der Waals surface area contributed by atoms with Crippen LogP contribution in [-0.2, 0) is 0 Å². The fourth-order valence-electron chi connectivity index (χ4n) is 3.57. The van der Waals surface area contributed by atoms with Crippen LogP contribution in [0.5, 0.6) is 0 Å². The maximum atomic E-state index is 6.07. The van der Waals surface area contributed by atoms with Gasteiger partial charge in [0.15, 0.2) is 0 Å². The second-order valence-corrected chi connectivity index (χ2v) is 6.25. The molecule has 114 valence electrons. The fourth-order valence-corrected chi connectivity index (χ4v) is 3.57. The molecule has 0 aliphatic heterocycles. The van der Waals surface area contributed by atoms with Gasteiger partial charge in [-0.15, -0.1) is 0 Å². The van der Waals surface area contributed by atoms with Gasteiger partial charge in [-0.05, 0) is 32.0 Å². The van der Waals surface area contributed by atoms with Crippen molar-refractivity contribution >= 4 is 11.0 Å². The molecular weight excluding hydrogens is 260 g/mol. The van der Waals surface area contributed by atoms with Gasteiger partial charge in [0, 0.05) is 18.0 Å². The molecule has 0 bridgehead atoms. The minimum Gasteiger partial charge on any atom is -0.459 e. The molecule has 1 aromatic heterocycles. The van der Waals surface area contributed by atoms with Gasteiger partial charge in [-0.2, -0.15) is 0 Å². The van der Waals surface area contributed by atoms with Crippen molar-refractivity contribution in [2.75, 3.05) is 13.6 Å². The van der Waals surface area contributed by atoms with Crippen molar-refractivity contribution < 1.29 is 4.42 Å². The van der Waals surface area contributed by atoms with E-state index in [1.807, 2.05) is 18.2 Å². The van der Waals surface area contributed by atoms with Crippen molar-refractivity contribution in [3.63, 3.8) is 0 Å². The second-order valence-electron chi connectivity index (χ2n) is 6.25. The first-order valence-corrected chi connectivity index (χ1v) is 8.20. The highest BCUT2D eigenvalue weighted by Gasteiger charge is 2.26. The van der Waals surface area contributed by atoms with E-state index in [9.17, 15) is 0 Å². The van der Waals surface area contributed by atoms with Crippen LogP contribution in [0.15, 0.2) is 34.7 Å². The average Bonchev–Trinajstić information content (AvgIpc) is 2.74. The Balaban J connectivity index is 1.82. The van der Waals surface area contributed by atoms with Gasteiger partial charge in [0.2, 0.25) is 0 Å². The Hall–Kier alpha value is -1.32. The Morgan fingerprint density at radius 2 is 1.90 bits per heavy atom. The lowest BCUT2D eigenvalue weighted by Gasteiger charge is -2.33. The smallest absolute Gasteiger partial charge is 0.134 e. The van der Waals surface area contributed by atoms with E-state index in [0.717, 1.165) is 11.3 Å². The first-order valence-electron chi connectivity index (χ1n) is 8.20. The third-order valence-corrected chi connectivity index (χ3v) is 4.89. The summed E-state index contributed by atoms with van der Waals surface area (Å²) in [5, 5.41) is 1.17. The van der Waals surface area contributed by atoms with E-state index in [4.69, 9.17) is 10.2 Å². The number of nitrogens with two attached hydrogens (primary N) is 1. The van der Waals surface area contributed by atoms with Crippen LogP contribution in [0.2, 0.25) is 0 Å². The summed E-state index contributed by atoms with van der Waals surface area (Å²) in [6.07, 6.45) is 8.00. The van der Waals surface area contributed by atoms with Crippen LogP contribution in [0.4, 0.5) is 0 Å². The highest BCUT2D eigenvalue weighted by atomic mass is 16.3. The van der Waals surface area contributed by atoms with Crippen LogP contribution in [0.3, 0.4) is 0 Å². The molecule has 0 radical (unpaired) electrons. The monoisotopic (exact) mass is 286 g/mol. The number of hydrogen-bond donors (Lipinski definition) is 1. The molecular formula is C18H26N2O. The summed E-state index contributed by atoms with van der Waals surface area (Å²) >= 11 is 0. The Labute approximate surface area is 127 Å². The Bertz CT molecular complexity index is 536. The van der Waals surface area contributed by atoms with Crippen molar-refractivity contribution in [2.45, 2.75) is 50.6 Å². The van der Waals surface area contributed by atoms with E-state index in [1.54, 1.807) is 0 Å². The third kappa shape index (κ3) is 3.14. The van der Waals surface area contributed by atoms with E-state index in [1.165, 1.54) is 43.9 Å². The van der Waals surface area contributed by atoms with Crippen molar-refractivity contribution in [2.24, 2.45) is 5.73 Å². The molecule has 1 aromatic carbocycles. The topological polar surface area (TPSA) is 42.4 Å². The van der Waals surface area contributed by atoms with Gasteiger partial charge < -0.3 is 10.2 Å². The summed E-state index contributed by atoms with van der Waals surface area (Å²) < 4.78 is 6.04. The number of nitrogens with zero attached hydrogens (tertiary/aromatic N) is 1. The fraction of sp³-hybridized carbons (Fsp3) is 0.556. The normalized spacial score (nSPS) is 19.0. The SMILES string of the molecule is CN(C1CCCCCC1)C(CN)c1cc2ccccc2o1. The van der Waals surface area contributed by atoms with Crippen molar-refractivity contribution in [3.8, 4) is 0 Å². The molecule has 3 nitrogen and oxygen atoms in total. The first-order chi connectivity index (χ1) is 10.3. The molecule has 1 heterocycles. The highest BCUT2D eigenvalue weighted by molar-refractivity contribution is 5.77. The molecule has 0 saturated heterocycles. The maximum absolute atomic E-state index is 6.07. The number of hydrogen-bond acceptors (Lipinski definition) is 3. The minimum atomic E-state index is 0.181. The standard InChI is InChI=1S/C18H26N2O/c1-20(15-9-4-2-3-5-10-15)16(13-19)18-12-14-8-6-7-11-17(14)21-18/h6-8,11-12,15-16H,2-5,9-10,13,19H2,1H3. The zero-order valence-corrected chi connectivity index (χ0v) is 12.9. The van der Waals surface area contributed by atoms with Gasteiger partial charge in [-0.3, -0.25) is 4.90 Å². The Morgan fingerprint density at radius 3 is 2.57 bits per heavy atom. The van der Waals surface area contributed by atoms with Crippen LogP contribution in [-0.4, -0.2) is 24.5 Å². The van der Waals surface area contributed by atoms with Crippen LogP contribution < -0.4 is 5.73 Å². The van der Waals surface area contributed by atoms with Crippen molar-refractivity contribution in [1.29, 1.82) is 0 Å². The zero-order valence-electron chi connectivity index (χ0n) is 12.9. The quantitative estimate of drug-likeness (QED) is 0.861. The number of para-hydroxylation sites is 1. The van der Waals surface area contributed by atoms with Gasteiger partial charge in [0.05, 0.1) is 6.04 Å². The molecule has 2 N–H and O–H groups in total. The highest BCUT2D eigenvalue weighted by Crippen LogP contribution is 2.31. The van der Waals surface area contributed by atoms with E-state index < -0.39 is 0 Å². The van der Waals surface area contributed by atoms with Crippen molar-refractivity contribution in [3.05, 3.63) is 36.1 Å². The molecule has 1 aliphatic carbocycles. The molecule has 21 heavy (non-hydrogen) atoms. The number of likely N-dealkylation sites (N-methyl/N-ethyl adjacent to an activating group) is 1. The second kappa shape index (κ2) is 6.63. The molecule has 3 heteroatoms.